The van der Waals surface area contributed by atoms with Crippen molar-refractivity contribution in [3.05, 3.63) is 97.2 Å². The van der Waals surface area contributed by atoms with Gasteiger partial charge < -0.3 is 5.73 Å². The minimum atomic E-state index is -0.827. The summed E-state index contributed by atoms with van der Waals surface area (Å²) in [5, 5.41) is 8.74. The first-order chi connectivity index (χ1) is 15.2. The SMILES string of the molecule is CC(C)c1c(C(=O)c2cccc(/C=C/C#N)c2)n(Cc2cc(N)nc(F)c2)c(=O)[nH]c1=O. The van der Waals surface area contributed by atoms with Crippen LogP contribution in [0.3, 0.4) is 0 Å². The number of nitrogens with zero attached hydrogens (tertiary/aromatic N) is 3. The summed E-state index contributed by atoms with van der Waals surface area (Å²) in [6, 6.07) is 10.8. The van der Waals surface area contributed by atoms with E-state index in [0.29, 0.717) is 11.1 Å². The van der Waals surface area contributed by atoms with E-state index in [1.165, 1.54) is 18.2 Å². The Hall–Kier alpha value is -4.32. The molecule has 2 aromatic heterocycles. The second kappa shape index (κ2) is 9.22. The molecule has 3 rings (SSSR count). The summed E-state index contributed by atoms with van der Waals surface area (Å²) in [5.41, 5.74) is 5.32. The first-order valence-electron chi connectivity index (χ1n) is 9.71. The van der Waals surface area contributed by atoms with Crippen LogP contribution in [0.4, 0.5) is 10.2 Å². The molecule has 0 saturated heterocycles. The summed E-state index contributed by atoms with van der Waals surface area (Å²) in [6.45, 7) is 3.26. The molecule has 0 spiro atoms. The molecule has 0 aliphatic carbocycles. The molecule has 162 valence electrons. The number of nitriles is 1. The van der Waals surface area contributed by atoms with Crippen LogP contribution in [-0.2, 0) is 6.54 Å². The van der Waals surface area contributed by atoms with Crippen LogP contribution < -0.4 is 17.0 Å². The van der Waals surface area contributed by atoms with Crippen LogP contribution in [-0.4, -0.2) is 20.3 Å². The average Bonchev–Trinajstić information content (AvgIpc) is 2.72. The minimum absolute atomic E-state index is 0.0774. The highest BCUT2D eigenvalue weighted by Gasteiger charge is 2.25. The summed E-state index contributed by atoms with van der Waals surface area (Å²) >= 11 is 0. The normalized spacial score (nSPS) is 11.1. The summed E-state index contributed by atoms with van der Waals surface area (Å²) < 4.78 is 14.8. The topological polar surface area (TPSA) is 135 Å². The summed E-state index contributed by atoms with van der Waals surface area (Å²) in [7, 11) is 0. The van der Waals surface area contributed by atoms with E-state index in [4.69, 9.17) is 11.0 Å². The minimum Gasteiger partial charge on any atom is -0.384 e. The molecule has 0 saturated carbocycles. The lowest BCUT2D eigenvalue weighted by Gasteiger charge is -2.18. The number of nitrogens with one attached hydrogen (secondary N) is 1. The maximum absolute atomic E-state index is 13.7. The molecule has 0 aliphatic heterocycles. The number of anilines is 1. The first kappa shape index (κ1) is 22.4. The number of ketones is 1. The molecule has 0 bridgehead atoms. The molecule has 32 heavy (non-hydrogen) atoms. The summed E-state index contributed by atoms with van der Waals surface area (Å²) in [5.74, 6) is -1.84. The fraction of sp³-hybridized carbons (Fsp3) is 0.174. The number of H-pyrrole nitrogens is 1. The third kappa shape index (κ3) is 4.70. The third-order valence-corrected chi connectivity index (χ3v) is 4.74. The van der Waals surface area contributed by atoms with Gasteiger partial charge in [-0.15, -0.1) is 0 Å². The van der Waals surface area contributed by atoms with Gasteiger partial charge in [0.05, 0.1) is 12.6 Å². The van der Waals surface area contributed by atoms with Gasteiger partial charge in [0.25, 0.3) is 5.56 Å². The van der Waals surface area contributed by atoms with Crippen LogP contribution in [0.5, 0.6) is 0 Å². The second-order valence-electron chi connectivity index (χ2n) is 7.40. The van der Waals surface area contributed by atoms with Crippen LogP contribution >= 0.6 is 0 Å². The zero-order chi connectivity index (χ0) is 23.4. The lowest BCUT2D eigenvalue weighted by Crippen LogP contribution is -2.38. The molecule has 0 aliphatic rings. The number of pyridine rings is 1. The second-order valence-corrected chi connectivity index (χ2v) is 7.40. The van der Waals surface area contributed by atoms with Crippen molar-refractivity contribution in [2.45, 2.75) is 26.3 Å². The molecule has 2 heterocycles. The van der Waals surface area contributed by atoms with E-state index in [0.717, 1.165) is 10.6 Å². The van der Waals surface area contributed by atoms with Crippen LogP contribution in [0, 0.1) is 17.3 Å². The summed E-state index contributed by atoms with van der Waals surface area (Å²) in [4.78, 5) is 44.6. The molecule has 1 aromatic carbocycles. The van der Waals surface area contributed by atoms with Gasteiger partial charge in [-0.3, -0.25) is 19.1 Å². The number of carbonyl (C=O) groups is 1. The summed E-state index contributed by atoms with van der Waals surface area (Å²) in [6.07, 6.45) is 2.81. The van der Waals surface area contributed by atoms with Crippen molar-refractivity contribution in [2.24, 2.45) is 0 Å². The predicted molar refractivity (Wildman–Crippen MR) is 118 cm³/mol. The fourth-order valence-corrected chi connectivity index (χ4v) is 3.42. The van der Waals surface area contributed by atoms with Gasteiger partial charge in [0, 0.05) is 17.2 Å². The van der Waals surface area contributed by atoms with Crippen LogP contribution in [0.15, 0.2) is 52.1 Å². The van der Waals surface area contributed by atoms with Gasteiger partial charge in [0.2, 0.25) is 11.7 Å². The molecule has 3 N–H and O–H groups in total. The largest absolute Gasteiger partial charge is 0.384 e. The van der Waals surface area contributed by atoms with Crippen molar-refractivity contribution < 1.29 is 9.18 Å². The lowest BCUT2D eigenvalue weighted by molar-refractivity contribution is 0.102. The molecule has 0 unspecified atom stereocenters. The van der Waals surface area contributed by atoms with Crippen molar-refractivity contribution in [3.8, 4) is 6.07 Å². The molecule has 0 amide bonds. The van der Waals surface area contributed by atoms with Gasteiger partial charge in [0.15, 0.2) is 0 Å². The number of hydrogen-bond acceptors (Lipinski definition) is 6. The predicted octanol–water partition coefficient (Wildman–Crippen LogP) is 2.59. The van der Waals surface area contributed by atoms with E-state index in [2.05, 4.69) is 9.97 Å². The van der Waals surface area contributed by atoms with Crippen molar-refractivity contribution in [1.82, 2.24) is 14.5 Å². The Kier molecular flexibility index (Phi) is 6.45. The number of aromatic amines is 1. The number of rotatable bonds is 6. The smallest absolute Gasteiger partial charge is 0.329 e. The molecule has 0 fully saturated rings. The highest BCUT2D eigenvalue weighted by atomic mass is 19.1. The van der Waals surface area contributed by atoms with Gasteiger partial charge >= 0.3 is 5.69 Å². The Morgan fingerprint density at radius 2 is 2.06 bits per heavy atom. The zero-order valence-corrected chi connectivity index (χ0v) is 17.4. The number of benzene rings is 1. The molecule has 8 nitrogen and oxygen atoms in total. The number of aromatic nitrogens is 3. The molecule has 3 aromatic rings. The number of nitrogen functional groups attached to an aromatic ring is 1. The quantitative estimate of drug-likeness (QED) is 0.349. The number of allylic oxidation sites excluding steroid dienone is 1. The highest BCUT2D eigenvalue weighted by molar-refractivity contribution is 6.09. The van der Waals surface area contributed by atoms with Crippen LogP contribution in [0.25, 0.3) is 6.08 Å². The fourth-order valence-electron chi connectivity index (χ4n) is 3.42. The van der Waals surface area contributed by atoms with Gasteiger partial charge in [0.1, 0.15) is 11.5 Å². The van der Waals surface area contributed by atoms with E-state index in [1.54, 1.807) is 38.1 Å². The van der Waals surface area contributed by atoms with Gasteiger partial charge in [-0.1, -0.05) is 32.0 Å². The third-order valence-electron chi connectivity index (χ3n) is 4.74. The molecule has 0 atom stereocenters. The number of nitrogens with two attached hydrogens (primary N) is 1. The van der Waals surface area contributed by atoms with E-state index < -0.39 is 23.0 Å². The van der Waals surface area contributed by atoms with E-state index in [9.17, 15) is 18.8 Å². The molecule has 9 heteroatoms. The molecular weight excluding hydrogens is 413 g/mol. The van der Waals surface area contributed by atoms with Crippen molar-refractivity contribution in [1.29, 1.82) is 5.26 Å². The van der Waals surface area contributed by atoms with E-state index in [-0.39, 0.29) is 35.1 Å². The molecule has 0 radical (unpaired) electrons. The Labute approximate surface area is 182 Å². The first-order valence-corrected chi connectivity index (χ1v) is 9.71. The van der Waals surface area contributed by atoms with Crippen molar-refractivity contribution >= 4 is 17.7 Å². The number of halogens is 1. The monoisotopic (exact) mass is 433 g/mol. The average molecular weight is 433 g/mol. The zero-order valence-electron chi connectivity index (χ0n) is 17.4. The van der Waals surface area contributed by atoms with E-state index in [1.807, 2.05) is 6.07 Å². The van der Waals surface area contributed by atoms with Crippen LogP contribution in [0.1, 0.15) is 52.5 Å². The standard InChI is InChI=1S/C23H20FN5O3/c1-13(2)19-20(21(30)16-7-3-5-14(9-16)6-4-8-25)29(23(32)28-22(19)31)12-15-10-17(24)27-18(26)11-15/h3-7,9-11,13H,12H2,1-2H3,(H2,26,27)(H,28,31,32)/b6-4+. The van der Waals surface area contributed by atoms with Gasteiger partial charge in [-0.2, -0.15) is 9.65 Å². The Balaban J connectivity index is 2.24. The van der Waals surface area contributed by atoms with Crippen molar-refractivity contribution in [2.75, 3.05) is 5.73 Å². The Morgan fingerprint density at radius 1 is 1.31 bits per heavy atom. The lowest BCUT2D eigenvalue weighted by atomic mass is 9.96. The van der Waals surface area contributed by atoms with Gasteiger partial charge in [-0.25, -0.2) is 9.78 Å². The Morgan fingerprint density at radius 3 is 2.72 bits per heavy atom. The highest BCUT2D eigenvalue weighted by Crippen LogP contribution is 2.20. The van der Waals surface area contributed by atoms with Crippen molar-refractivity contribution in [3.63, 3.8) is 0 Å². The maximum Gasteiger partial charge on any atom is 0.329 e. The maximum atomic E-state index is 13.7. The van der Waals surface area contributed by atoms with E-state index >= 15 is 0 Å². The van der Waals surface area contributed by atoms with Gasteiger partial charge in [-0.05, 0) is 41.3 Å². The van der Waals surface area contributed by atoms with Crippen LogP contribution in [0.2, 0.25) is 0 Å². The number of carbonyl (C=O) groups excluding carboxylic acids is 1. The number of hydrogen-bond donors (Lipinski definition) is 2. The Bertz CT molecular complexity index is 1360. The molecular formula is C23H20FN5O3.